The van der Waals surface area contributed by atoms with Gasteiger partial charge in [-0.15, -0.1) is 10.2 Å². The first-order chi connectivity index (χ1) is 13.9. The highest BCUT2D eigenvalue weighted by atomic mass is 32.2. The van der Waals surface area contributed by atoms with Crippen LogP contribution in [0.25, 0.3) is 11.1 Å². The number of nitrogens with zero attached hydrogens (tertiary/aromatic N) is 4. The number of pyridine rings is 1. The summed E-state index contributed by atoms with van der Waals surface area (Å²) in [5, 5.41) is 9.28. The van der Waals surface area contributed by atoms with Crippen LogP contribution in [0.5, 0.6) is 0 Å². The number of fused-ring (bicyclic) bond motifs is 1. The van der Waals surface area contributed by atoms with Crippen LogP contribution in [0.4, 0.5) is 0 Å². The van der Waals surface area contributed by atoms with Gasteiger partial charge in [-0.2, -0.15) is 11.8 Å². The Bertz CT molecular complexity index is 1120. The molecule has 150 valence electrons. The maximum atomic E-state index is 11.7. The smallest absolute Gasteiger partial charge is 0.250 e. The zero-order valence-electron chi connectivity index (χ0n) is 17.2. The summed E-state index contributed by atoms with van der Waals surface area (Å²) in [6, 6.07) is 12.3. The van der Waals surface area contributed by atoms with Crippen LogP contribution in [0, 0.1) is 0 Å². The van der Waals surface area contributed by atoms with Crippen LogP contribution < -0.4 is 5.56 Å². The van der Waals surface area contributed by atoms with Crippen LogP contribution in [0.2, 0.25) is 0 Å². The molecular formula is C23H26N4OS. The Morgan fingerprint density at radius 1 is 1.00 bits per heavy atom. The molecule has 3 aromatic rings. The van der Waals surface area contributed by atoms with E-state index in [1.807, 2.05) is 24.0 Å². The third-order valence-electron chi connectivity index (χ3n) is 6.25. The molecule has 2 aromatic heterocycles. The highest BCUT2D eigenvalue weighted by molar-refractivity contribution is 8.00. The van der Waals surface area contributed by atoms with E-state index in [9.17, 15) is 4.79 Å². The number of aryl methyl sites for hydroxylation is 1. The Balaban J connectivity index is 1.48. The molecule has 0 atom stereocenters. The lowest BCUT2D eigenvalue weighted by Crippen LogP contribution is -2.19. The second kappa shape index (κ2) is 6.59. The number of aromatic nitrogens is 4. The molecular weight excluding hydrogens is 380 g/mol. The van der Waals surface area contributed by atoms with E-state index < -0.39 is 0 Å². The van der Waals surface area contributed by atoms with Crippen molar-refractivity contribution in [3.05, 3.63) is 70.2 Å². The van der Waals surface area contributed by atoms with Crippen molar-refractivity contribution < 1.29 is 0 Å². The molecule has 0 radical (unpaired) electrons. The normalized spacial score (nSPS) is 19.4. The first-order valence-corrected chi connectivity index (χ1v) is 11.2. The molecule has 1 aromatic carbocycles. The summed E-state index contributed by atoms with van der Waals surface area (Å²) in [5.41, 5.74) is 3.51. The van der Waals surface area contributed by atoms with E-state index >= 15 is 0 Å². The van der Waals surface area contributed by atoms with E-state index in [4.69, 9.17) is 0 Å². The lowest BCUT2D eigenvalue weighted by Gasteiger charge is -2.19. The van der Waals surface area contributed by atoms with Crippen molar-refractivity contribution >= 4 is 11.8 Å². The standard InChI is InChI=1S/C23H26N4OS/c1-22(2)14-19-24-25-21(27(19)12-13-29-22)23(10-11-23)18-7-4-16(5-8-18)17-6-9-20(28)26(3)15-17/h4-9,15H,10-14H2,1-3H3. The van der Waals surface area contributed by atoms with Crippen molar-refractivity contribution in [3.8, 4) is 11.1 Å². The monoisotopic (exact) mass is 406 g/mol. The highest BCUT2D eigenvalue weighted by Crippen LogP contribution is 2.53. The van der Waals surface area contributed by atoms with Gasteiger partial charge in [-0.05, 0) is 35.6 Å². The fourth-order valence-corrected chi connectivity index (χ4v) is 5.47. The van der Waals surface area contributed by atoms with Gasteiger partial charge in [0.1, 0.15) is 11.6 Å². The molecule has 5 nitrogen and oxygen atoms in total. The van der Waals surface area contributed by atoms with E-state index in [1.54, 1.807) is 17.7 Å². The van der Waals surface area contributed by atoms with Crippen molar-refractivity contribution in [2.45, 2.75) is 49.8 Å². The van der Waals surface area contributed by atoms with Crippen LogP contribution in [0.15, 0.2) is 47.4 Å². The summed E-state index contributed by atoms with van der Waals surface area (Å²) < 4.78 is 4.22. The van der Waals surface area contributed by atoms with Gasteiger partial charge in [-0.1, -0.05) is 38.1 Å². The van der Waals surface area contributed by atoms with Crippen LogP contribution in [0.3, 0.4) is 0 Å². The summed E-state index contributed by atoms with van der Waals surface area (Å²) in [6.45, 7) is 5.59. The molecule has 5 rings (SSSR count). The number of thioether (sulfide) groups is 1. The zero-order chi connectivity index (χ0) is 20.2. The van der Waals surface area contributed by atoms with Gasteiger partial charge in [0.2, 0.25) is 5.56 Å². The molecule has 1 saturated carbocycles. The molecule has 29 heavy (non-hydrogen) atoms. The minimum Gasteiger partial charge on any atom is -0.318 e. The molecule has 2 aliphatic rings. The maximum Gasteiger partial charge on any atom is 0.250 e. The molecule has 3 heterocycles. The number of rotatable bonds is 3. The summed E-state index contributed by atoms with van der Waals surface area (Å²) in [6.07, 6.45) is 5.11. The largest absolute Gasteiger partial charge is 0.318 e. The van der Waals surface area contributed by atoms with Gasteiger partial charge in [0.05, 0.1) is 5.41 Å². The molecule has 0 bridgehead atoms. The first kappa shape index (κ1) is 18.7. The highest BCUT2D eigenvalue weighted by Gasteiger charge is 2.50. The molecule has 0 spiro atoms. The van der Waals surface area contributed by atoms with E-state index in [0.29, 0.717) is 0 Å². The third-order valence-corrected chi connectivity index (χ3v) is 7.57. The topological polar surface area (TPSA) is 52.7 Å². The average Bonchev–Trinajstić information content (AvgIpc) is 3.44. The Kier molecular flexibility index (Phi) is 4.24. The Labute approximate surface area is 175 Å². The lowest BCUT2D eigenvalue weighted by molar-refractivity contribution is 0.607. The SMILES string of the molecule is Cn1cc(-c2ccc(C3(c4nnc5n4CCSC(C)(C)C5)CC3)cc2)ccc1=O. The van der Waals surface area contributed by atoms with Crippen LogP contribution in [-0.2, 0) is 25.4 Å². The lowest BCUT2D eigenvalue weighted by atomic mass is 9.93. The molecule has 0 amide bonds. The summed E-state index contributed by atoms with van der Waals surface area (Å²) in [4.78, 5) is 11.7. The fraction of sp³-hybridized carbons (Fsp3) is 0.435. The van der Waals surface area contributed by atoms with Gasteiger partial charge >= 0.3 is 0 Å². The first-order valence-electron chi connectivity index (χ1n) is 10.2. The Morgan fingerprint density at radius 2 is 1.72 bits per heavy atom. The molecule has 1 aliphatic heterocycles. The van der Waals surface area contributed by atoms with Gasteiger partial charge in [0.15, 0.2) is 0 Å². The second-order valence-corrected chi connectivity index (χ2v) is 10.7. The molecule has 0 N–H and O–H groups in total. The van der Waals surface area contributed by atoms with E-state index in [2.05, 4.69) is 52.9 Å². The quantitative estimate of drug-likeness (QED) is 0.664. The number of hydrogen-bond acceptors (Lipinski definition) is 4. The molecule has 1 aliphatic carbocycles. The van der Waals surface area contributed by atoms with E-state index in [1.165, 1.54) is 5.56 Å². The maximum absolute atomic E-state index is 11.7. The van der Waals surface area contributed by atoms with Gasteiger partial charge in [-0.3, -0.25) is 4.79 Å². The van der Waals surface area contributed by atoms with Gasteiger partial charge in [0.25, 0.3) is 0 Å². The summed E-state index contributed by atoms with van der Waals surface area (Å²) in [7, 11) is 1.79. The van der Waals surface area contributed by atoms with Gasteiger partial charge < -0.3 is 9.13 Å². The van der Waals surface area contributed by atoms with Crippen LogP contribution >= 0.6 is 11.8 Å². The fourth-order valence-electron chi connectivity index (χ4n) is 4.41. The predicted molar refractivity (Wildman–Crippen MR) is 117 cm³/mol. The Hall–Kier alpha value is -2.34. The van der Waals surface area contributed by atoms with Gasteiger partial charge in [0, 0.05) is 42.8 Å². The molecule has 1 fully saturated rings. The van der Waals surface area contributed by atoms with E-state index in [-0.39, 0.29) is 15.7 Å². The third kappa shape index (κ3) is 3.23. The summed E-state index contributed by atoms with van der Waals surface area (Å²) in [5.74, 6) is 3.37. The van der Waals surface area contributed by atoms with E-state index in [0.717, 1.165) is 54.3 Å². The molecule has 0 unspecified atom stereocenters. The number of hydrogen-bond donors (Lipinski definition) is 0. The van der Waals surface area contributed by atoms with Crippen LogP contribution in [-0.4, -0.2) is 29.8 Å². The van der Waals surface area contributed by atoms with Crippen molar-refractivity contribution in [1.29, 1.82) is 0 Å². The van der Waals surface area contributed by atoms with Crippen molar-refractivity contribution in [1.82, 2.24) is 19.3 Å². The second-order valence-electron chi connectivity index (χ2n) is 8.90. The van der Waals surface area contributed by atoms with Crippen molar-refractivity contribution in [2.24, 2.45) is 7.05 Å². The van der Waals surface area contributed by atoms with Gasteiger partial charge in [-0.25, -0.2) is 0 Å². The van der Waals surface area contributed by atoms with Crippen LogP contribution in [0.1, 0.15) is 43.9 Å². The predicted octanol–water partition coefficient (Wildman–Crippen LogP) is 3.79. The average molecular weight is 407 g/mol. The Morgan fingerprint density at radius 3 is 2.41 bits per heavy atom. The zero-order valence-corrected chi connectivity index (χ0v) is 18.0. The van der Waals surface area contributed by atoms with Crippen molar-refractivity contribution in [3.63, 3.8) is 0 Å². The molecule has 6 heteroatoms. The minimum absolute atomic E-state index is 0.00642. The number of benzene rings is 1. The van der Waals surface area contributed by atoms with Crippen molar-refractivity contribution in [2.75, 3.05) is 5.75 Å². The minimum atomic E-state index is 0.00642. The summed E-state index contributed by atoms with van der Waals surface area (Å²) >= 11 is 2.03. The molecule has 0 saturated heterocycles.